The first-order chi connectivity index (χ1) is 4.61. The zero-order chi connectivity index (χ0) is 7.72. The Balaban J connectivity index is 3.28. The molecule has 54 valence electrons. The third-order valence-corrected chi connectivity index (χ3v) is 1.12. The third-order valence-electron chi connectivity index (χ3n) is 1.12. The number of nitrogen functional groups attached to an aromatic ring is 1. The minimum absolute atomic E-state index is 0.0182. The summed E-state index contributed by atoms with van der Waals surface area (Å²) in [5.41, 5.74) is 5.66. The highest BCUT2D eigenvalue weighted by molar-refractivity contribution is 5.30. The molecular formula is C5H7N3O2. The Morgan fingerprint density at radius 2 is 2.40 bits per heavy atom. The molecule has 0 bridgehead atoms. The molecule has 0 aromatic carbocycles. The fraction of sp³-hybridized carbons (Fsp3) is 0.200. The average molecular weight is 141 g/mol. The van der Waals surface area contributed by atoms with Crippen LogP contribution in [0.3, 0.4) is 0 Å². The minimum Gasteiger partial charge on any atom is -0.691 e. The van der Waals surface area contributed by atoms with Crippen molar-refractivity contribution in [1.29, 1.82) is 0 Å². The van der Waals surface area contributed by atoms with E-state index >= 15 is 0 Å². The van der Waals surface area contributed by atoms with Crippen LogP contribution >= 0.6 is 0 Å². The van der Waals surface area contributed by atoms with Crippen molar-refractivity contribution in [3.63, 3.8) is 0 Å². The number of rotatable bonds is 0. The number of aromatic nitrogens is 2. The van der Waals surface area contributed by atoms with Gasteiger partial charge in [-0.15, -0.1) is 4.85 Å². The summed E-state index contributed by atoms with van der Waals surface area (Å²) in [6, 6.07) is 1.36. The molecule has 1 rings (SSSR count). The molecule has 1 aromatic heterocycles. The van der Waals surface area contributed by atoms with Crippen LogP contribution in [0.5, 0.6) is 5.88 Å². The van der Waals surface area contributed by atoms with Gasteiger partial charge in [0.05, 0.1) is 0 Å². The highest BCUT2D eigenvalue weighted by atomic mass is 16.5. The number of nitrogens with zero attached hydrogens (tertiary/aromatic N) is 2. The summed E-state index contributed by atoms with van der Waals surface area (Å²) < 4.78 is 0. The van der Waals surface area contributed by atoms with E-state index in [1.54, 1.807) is 6.92 Å². The Morgan fingerprint density at radius 1 is 1.80 bits per heavy atom. The van der Waals surface area contributed by atoms with Crippen LogP contribution in [0.2, 0.25) is 0 Å². The lowest BCUT2D eigenvalue weighted by atomic mass is 10.3. The van der Waals surface area contributed by atoms with Gasteiger partial charge in [-0.3, -0.25) is 5.73 Å². The van der Waals surface area contributed by atoms with Gasteiger partial charge < -0.3 is 10.3 Å². The van der Waals surface area contributed by atoms with Gasteiger partial charge in [0.15, 0.2) is 0 Å². The van der Waals surface area contributed by atoms with E-state index in [0.29, 0.717) is 5.56 Å². The van der Waals surface area contributed by atoms with Crippen LogP contribution in [0.25, 0.3) is 0 Å². The minimum atomic E-state index is -0.288. The van der Waals surface area contributed by atoms with Crippen molar-refractivity contribution in [2.75, 3.05) is 5.73 Å². The quantitative estimate of drug-likeness (QED) is 0.370. The molecule has 0 saturated carbocycles. The molecule has 3 N–H and O–H groups in total. The van der Waals surface area contributed by atoms with Gasteiger partial charge in [0, 0.05) is 11.6 Å². The summed E-state index contributed by atoms with van der Waals surface area (Å²) in [4.78, 5) is 0.169. The lowest BCUT2D eigenvalue weighted by Gasteiger charge is -2.02. The zero-order valence-corrected chi connectivity index (χ0v) is 5.40. The van der Waals surface area contributed by atoms with Crippen molar-refractivity contribution in [3.8, 4) is 5.88 Å². The molecule has 0 saturated heterocycles. The van der Waals surface area contributed by atoms with Crippen LogP contribution in [0.4, 0.5) is 5.82 Å². The lowest BCUT2D eigenvalue weighted by Crippen LogP contribution is -2.34. The highest BCUT2D eigenvalue weighted by Crippen LogP contribution is 2.09. The first-order valence-electron chi connectivity index (χ1n) is 2.67. The molecule has 0 aliphatic carbocycles. The molecule has 5 nitrogen and oxygen atoms in total. The van der Waals surface area contributed by atoms with E-state index in [1.807, 2.05) is 0 Å². The average Bonchev–Trinajstić information content (AvgIpc) is 1.84. The second kappa shape index (κ2) is 2.02. The smallest absolute Gasteiger partial charge is 0.297 e. The molecule has 1 aromatic rings. The molecule has 0 fully saturated rings. The fourth-order valence-electron chi connectivity index (χ4n) is 0.564. The monoisotopic (exact) mass is 141 g/mol. The SMILES string of the molecule is Cc1cc(N)[n+]([O-])nc1O. The van der Waals surface area contributed by atoms with Gasteiger partial charge in [-0.1, -0.05) is 0 Å². The Labute approximate surface area is 57.3 Å². The van der Waals surface area contributed by atoms with E-state index < -0.39 is 0 Å². The summed E-state index contributed by atoms with van der Waals surface area (Å²) in [5.74, 6) is -0.306. The molecule has 0 unspecified atom stereocenters. The van der Waals surface area contributed by atoms with Crippen LogP contribution in [0.1, 0.15) is 5.56 Å². The zero-order valence-electron chi connectivity index (χ0n) is 5.40. The number of aryl methyl sites for hydroxylation is 1. The maximum atomic E-state index is 10.5. The van der Waals surface area contributed by atoms with Crippen molar-refractivity contribution in [3.05, 3.63) is 16.8 Å². The van der Waals surface area contributed by atoms with Gasteiger partial charge in [0.1, 0.15) is 0 Å². The lowest BCUT2D eigenvalue weighted by molar-refractivity contribution is -0.655. The number of nitrogens with two attached hydrogens (primary N) is 1. The van der Waals surface area contributed by atoms with Gasteiger partial charge >= 0.3 is 0 Å². The van der Waals surface area contributed by atoms with Crippen LogP contribution in [-0.4, -0.2) is 10.2 Å². The van der Waals surface area contributed by atoms with Crippen molar-refractivity contribution < 1.29 is 9.95 Å². The van der Waals surface area contributed by atoms with Gasteiger partial charge in [-0.05, 0) is 12.0 Å². The molecular weight excluding hydrogens is 134 g/mol. The van der Waals surface area contributed by atoms with E-state index in [0.717, 1.165) is 0 Å². The van der Waals surface area contributed by atoms with Crippen LogP contribution in [-0.2, 0) is 0 Å². The summed E-state index contributed by atoms with van der Waals surface area (Å²) >= 11 is 0. The Hall–Kier alpha value is -1.52. The largest absolute Gasteiger partial charge is 0.691 e. The van der Waals surface area contributed by atoms with E-state index in [1.165, 1.54) is 6.07 Å². The maximum Gasteiger partial charge on any atom is 0.297 e. The molecule has 0 atom stereocenters. The number of anilines is 1. The maximum absolute atomic E-state index is 10.5. The molecule has 0 aliphatic heterocycles. The van der Waals surface area contributed by atoms with Crippen molar-refractivity contribution >= 4 is 5.82 Å². The van der Waals surface area contributed by atoms with Crippen molar-refractivity contribution in [2.45, 2.75) is 6.92 Å². The van der Waals surface area contributed by atoms with E-state index in [4.69, 9.17) is 10.8 Å². The molecule has 1 heterocycles. The summed E-state index contributed by atoms with van der Waals surface area (Å²) in [6.07, 6.45) is 0. The van der Waals surface area contributed by atoms with Crippen molar-refractivity contribution in [2.24, 2.45) is 0 Å². The van der Waals surface area contributed by atoms with E-state index in [-0.39, 0.29) is 16.5 Å². The van der Waals surface area contributed by atoms with Crippen LogP contribution in [0, 0.1) is 12.1 Å². The predicted molar refractivity (Wildman–Crippen MR) is 34.0 cm³/mol. The Kier molecular flexibility index (Phi) is 1.33. The molecule has 0 spiro atoms. The molecule has 10 heavy (non-hydrogen) atoms. The Bertz CT molecular complexity index is 211. The fourth-order valence-corrected chi connectivity index (χ4v) is 0.564. The van der Waals surface area contributed by atoms with Gasteiger partial charge in [0.2, 0.25) is 0 Å². The molecule has 0 radical (unpaired) electrons. The van der Waals surface area contributed by atoms with Crippen LogP contribution < -0.4 is 10.6 Å². The molecule has 0 aliphatic rings. The highest BCUT2D eigenvalue weighted by Gasteiger charge is 2.03. The van der Waals surface area contributed by atoms with Crippen molar-refractivity contribution in [1.82, 2.24) is 5.10 Å². The second-order valence-corrected chi connectivity index (χ2v) is 1.95. The Morgan fingerprint density at radius 3 is 2.90 bits per heavy atom. The standard InChI is InChI=1S/C5H7N3O2/c1-3-2-4(6)8(10)7-5(3)9/h2H,6H2,1H3,(H,7,9). The normalized spacial score (nSPS) is 9.70. The van der Waals surface area contributed by atoms with E-state index in [2.05, 4.69) is 5.10 Å². The van der Waals surface area contributed by atoms with E-state index in [9.17, 15) is 5.21 Å². The summed E-state index contributed by atoms with van der Waals surface area (Å²) in [5, 5.41) is 22.5. The topological polar surface area (TPSA) is 86.1 Å². The summed E-state index contributed by atoms with van der Waals surface area (Å²) in [6.45, 7) is 1.61. The van der Waals surface area contributed by atoms with Gasteiger partial charge in [0.25, 0.3) is 11.7 Å². The first-order valence-corrected chi connectivity index (χ1v) is 2.67. The third kappa shape index (κ3) is 0.928. The molecule has 5 heteroatoms. The van der Waals surface area contributed by atoms with Crippen LogP contribution in [0.15, 0.2) is 6.07 Å². The predicted octanol–water partition coefficient (Wildman–Crippen LogP) is -0.689. The second-order valence-electron chi connectivity index (χ2n) is 1.95. The molecule has 0 amide bonds. The number of aromatic hydroxyl groups is 1. The number of hydrogen-bond donors (Lipinski definition) is 2. The summed E-state index contributed by atoms with van der Waals surface area (Å²) in [7, 11) is 0. The van der Waals surface area contributed by atoms with Gasteiger partial charge in [-0.2, -0.15) is 0 Å². The number of hydrogen-bond acceptors (Lipinski definition) is 4. The first kappa shape index (κ1) is 6.60. The van der Waals surface area contributed by atoms with Gasteiger partial charge in [-0.25, -0.2) is 0 Å².